The highest BCUT2D eigenvalue weighted by Gasteiger charge is 2.16. The SMILES string of the molecule is C=CCC(Nc1cc(Cl)ccc1C#N)C(=O)O. The number of anilines is 1. The molecule has 0 radical (unpaired) electrons. The molecule has 0 aromatic heterocycles. The van der Waals surface area contributed by atoms with Crippen LogP contribution in [0.4, 0.5) is 5.69 Å². The standard InChI is InChI=1S/C12H11ClN2O2/c1-2-3-10(12(16)17)15-11-6-9(13)5-4-8(11)7-14/h2,4-6,10,15H,1,3H2,(H,16,17). The lowest BCUT2D eigenvalue weighted by molar-refractivity contribution is -0.137. The Morgan fingerprint density at radius 2 is 2.41 bits per heavy atom. The van der Waals surface area contributed by atoms with E-state index in [2.05, 4.69) is 11.9 Å². The van der Waals surface area contributed by atoms with Crippen molar-refractivity contribution >= 4 is 23.3 Å². The van der Waals surface area contributed by atoms with Crippen LogP contribution in [-0.2, 0) is 4.79 Å². The average Bonchev–Trinajstić information content (AvgIpc) is 2.28. The molecule has 0 saturated carbocycles. The molecule has 0 fully saturated rings. The van der Waals surface area contributed by atoms with Crippen LogP contribution in [0.25, 0.3) is 0 Å². The topological polar surface area (TPSA) is 73.1 Å². The minimum absolute atomic E-state index is 0.257. The molecule has 88 valence electrons. The molecule has 0 aliphatic carbocycles. The lowest BCUT2D eigenvalue weighted by Crippen LogP contribution is -2.28. The first-order valence-electron chi connectivity index (χ1n) is 4.88. The second kappa shape index (κ2) is 5.92. The molecule has 0 heterocycles. The number of nitriles is 1. The summed E-state index contributed by atoms with van der Waals surface area (Å²) in [5, 5.41) is 21.1. The van der Waals surface area contributed by atoms with Crippen molar-refractivity contribution in [2.45, 2.75) is 12.5 Å². The second-order valence-electron chi connectivity index (χ2n) is 3.36. The Morgan fingerprint density at radius 3 is 2.94 bits per heavy atom. The lowest BCUT2D eigenvalue weighted by Gasteiger charge is -2.15. The van der Waals surface area contributed by atoms with Crippen molar-refractivity contribution in [3.63, 3.8) is 0 Å². The van der Waals surface area contributed by atoms with Crippen molar-refractivity contribution in [2.24, 2.45) is 0 Å². The fraction of sp³-hybridized carbons (Fsp3) is 0.167. The largest absolute Gasteiger partial charge is 0.480 e. The molecule has 17 heavy (non-hydrogen) atoms. The van der Waals surface area contributed by atoms with Crippen molar-refractivity contribution in [1.29, 1.82) is 5.26 Å². The first-order valence-corrected chi connectivity index (χ1v) is 5.26. The third-order valence-corrected chi connectivity index (χ3v) is 2.37. The quantitative estimate of drug-likeness (QED) is 0.788. The summed E-state index contributed by atoms with van der Waals surface area (Å²) in [6.45, 7) is 3.49. The Bertz CT molecular complexity index is 480. The van der Waals surface area contributed by atoms with Gasteiger partial charge in [0, 0.05) is 5.02 Å². The molecule has 0 spiro atoms. The number of carboxylic acid groups (broad SMARTS) is 1. The molecule has 1 aromatic rings. The number of hydrogen-bond acceptors (Lipinski definition) is 3. The fourth-order valence-electron chi connectivity index (χ4n) is 1.31. The lowest BCUT2D eigenvalue weighted by atomic mass is 10.1. The molecule has 5 heteroatoms. The molecule has 0 aliphatic heterocycles. The van der Waals surface area contributed by atoms with Gasteiger partial charge >= 0.3 is 5.97 Å². The highest BCUT2D eigenvalue weighted by Crippen LogP contribution is 2.21. The smallest absolute Gasteiger partial charge is 0.326 e. The van der Waals surface area contributed by atoms with Gasteiger partial charge in [-0.25, -0.2) is 4.79 Å². The van der Waals surface area contributed by atoms with Crippen LogP contribution in [-0.4, -0.2) is 17.1 Å². The van der Waals surface area contributed by atoms with E-state index in [-0.39, 0.29) is 6.42 Å². The first-order chi connectivity index (χ1) is 8.08. The summed E-state index contributed by atoms with van der Waals surface area (Å²) in [6.07, 6.45) is 1.76. The van der Waals surface area contributed by atoms with Crippen LogP contribution in [0.15, 0.2) is 30.9 Å². The van der Waals surface area contributed by atoms with Crippen molar-refractivity contribution in [3.05, 3.63) is 41.4 Å². The van der Waals surface area contributed by atoms with Crippen LogP contribution in [0, 0.1) is 11.3 Å². The molecule has 0 amide bonds. The summed E-state index contributed by atoms with van der Waals surface area (Å²) in [5.74, 6) is -1.01. The van der Waals surface area contributed by atoms with Crippen molar-refractivity contribution in [1.82, 2.24) is 0 Å². The van der Waals surface area contributed by atoms with E-state index in [1.54, 1.807) is 6.07 Å². The number of aliphatic carboxylic acids is 1. The number of carbonyl (C=O) groups is 1. The number of nitrogens with one attached hydrogen (secondary N) is 1. The molecule has 1 atom stereocenters. The molecule has 2 N–H and O–H groups in total. The van der Waals surface area contributed by atoms with Gasteiger partial charge in [-0.2, -0.15) is 5.26 Å². The van der Waals surface area contributed by atoms with Crippen molar-refractivity contribution in [2.75, 3.05) is 5.32 Å². The average molecular weight is 251 g/mol. The summed E-state index contributed by atoms with van der Waals surface area (Å²) in [7, 11) is 0. The number of hydrogen-bond donors (Lipinski definition) is 2. The van der Waals surface area contributed by atoms with Crippen LogP contribution in [0.2, 0.25) is 5.02 Å². The van der Waals surface area contributed by atoms with Gasteiger partial charge in [0.2, 0.25) is 0 Å². The molecular formula is C12H11ClN2O2. The molecular weight excluding hydrogens is 240 g/mol. The van der Waals surface area contributed by atoms with E-state index in [1.807, 2.05) is 6.07 Å². The van der Waals surface area contributed by atoms with Crippen LogP contribution in [0.5, 0.6) is 0 Å². The summed E-state index contributed by atoms with van der Waals surface area (Å²) in [4.78, 5) is 11.0. The van der Waals surface area contributed by atoms with E-state index in [0.29, 0.717) is 16.3 Å². The van der Waals surface area contributed by atoms with Crippen molar-refractivity contribution in [3.8, 4) is 6.07 Å². The third kappa shape index (κ3) is 3.51. The van der Waals surface area contributed by atoms with E-state index in [0.717, 1.165) is 0 Å². The molecule has 1 aromatic carbocycles. The normalized spacial score (nSPS) is 11.3. The highest BCUT2D eigenvalue weighted by molar-refractivity contribution is 6.30. The van der Waals surface area contributed by atoms with Gasteiger partial charge in [-0.1, -0.05) is 17.7 Å². The van der Waals surface area contributed by atoms with Crippen LogP contribution in [0.1, 0.15) is 12.0 Å². The first kappa shape index (κ1) is 13.1. The van der Waals surface area contributed by atoms with Gasteiger partial charge in [0.05, 0.1) is 11.3 Å². The molecule has 4 nitrogen and oxygen atoms in total. The molecule has 0 saturated heterocycles. The zero-order valence-corrected chi connectivity index (χ0v) is 9.74. The molecule has 1 unspecified atom stereocenters. The Kier molecular flexibility index (Phi) is 4.56. The summed E-state index contributed by atoms with van der Waals surface area (Å²) in [5.41, 5.74) is 0.763. The minimum atomic E-state index is -1.01. The van der Waals surface area contributed by atoms with Gasteiger partial charge in [0.1, 0.15) is 12.1 Å². The van der Waals surface area contributed by atoms with E-state index < -0.39 is 12.0 Å². The van der Waals surface area contributed by atoms with Gasteiger partial charge in [-0.05, 0) is 24.6 Å². The van der Waals surface area contributed by atoms with E-state index in [9.17, 15) is 4.79 Å². The highest BCUT2D eigenvalue weighted by atomic mass is 35.5. The maximum absolute atomic E-state index is 11.0. The number of nitrogens with zero attached hydrogens (tertiary/aromatic N) is 1. The molecule has 1 rings (SSSR count). The summed E-state index contributed by atoms with van der Waals surface area (Å²) < 4.78 is 0. The minimum Gasteiger partial charge on any atom is -0.480 e. The molecule has 0 aliphatic rings. The second-order valence-corrected chi connectivity index (χ2v) is 3.80. The van der Waals surface area contributed by atoms with Gasteiger partial charge in [-0.15, -0.1) is 6.58 Å². The monoisotopic (exact) mass is 250 g/mol. The Hall–Kier alpha value is -1.99. The Labute approximate surface area is 104 Å². The van der Waals surface area contributed by atoms with Gasteiger partial charge in [0.15, 0.2) is 0 Å². The van der Waals surface area contributed by atoms with Crippen molar-refractivity contribution < 1.29 is 9.90 Å². The molecule has 0 bridgehead atoms. The van der Waals surface area contributed by atoms with Gasteiger partial charge in [0.25, 0.3) is 0 Å². The van der Waals surface area contributed by atoms with Gasteiger partial charge in [-0.3, -0.25) is 0 Å². The van der Waals surface area contributed by atoms with E-state index in [4.69, 9.17) is 22.0 Å². The zero-order valence-electron chi connectivity index (χ0n) is 8.98. The maximum Gasteiger partial charge on any atom is 0.326 e. The summed E-state index contributed by atoms with van der Waals surface area (Å²) in [6, 6.07) is 5.79. The fourth-order valence-corrected chi connectivity index (χ4v) is 1.48. The number of rotatable bonds is 5. The third-order valence-electron chi connectivity index (χ3n) is 2.13. The van der Waals surface area contributed by atoms with Crippen LogP contribution >= 0.6 is 11.6 Å². The predicted octanol–water partition coefficient (Wildman–Crippen LogP) is 2.65. The maximum atomic E-state index is 11.0. The van der Waals surface area contributed by atoms with E-state index in [1.165, 1.54) is 18.2 Å². The van der Waals surface area contributed by atoms with Crippen LogP contribution < -0.4 is 5.32 Å². The van der Waals surface area contributed by atoms with Gasteiger partial charge < -0.3 is 10.4 Å². The Morgan fingerprint density at radius 1 is 1.71 bits per heavy atom. The number of benzene rings is 1. The number of carboxylic acids is 1. The zero-order chi connectivity index (χ0) is 12.8. The number of halogens is 1. The predicted molar refractivity (Wildman–Crippen MR) is 66.0 cm³/mol. The van der Waals surface area contributed by atoms with Crippen LogP contribution in [0.3, 0.4) is 0 Å². The Balaban J connectivity index is 3.00. The summed E-state index contributed by atoms with van der Waals surface area (Å²) >= 11 is 5.80. The van der Waals surface area contributed by atoms with E-state index >= 15 is 0 Å².